The number of halogens is 2. The van der Waals surface area contributed by atoms with E-state index < -0.39 is 0 Å². The first-order chi connectivity index (χ1) is 8.16. The summed E-state index contributed by atoms with van der Waals surface area (Å²) in [6.45, 7) is 3.22. The second-order valence-electron chi connectivity index (χ2n) is 4.93. The molecule has 1 N–H and O–H groups in total. The zero-order valence-electron chi connectivity index (χ0n) is 10.2. The van der Waals surface area contributed by atoms with Gasteiger partial charge in [-0.25, -0.2) is 0 Å². The zero-order valence-corrected chi connectivity index (χ0v) is 11.7. The summed E-state index contributed by atoms with van der Waals surface area (Å²) < 4.78 is 0. The maximum absolute atomic E-state index is 6.18. The summed E-state index contributed by atoms with van der Waals surface area (Å²) >= 11 is 12.1. The Morgan fingerprint density at radius 3 is 2.71 bits per heavy atom. The summed E-state index contributed by atoms with van der Waals surface area (Å²) in [5.41, 5.74) is 1.13. The molecule has 94 valence electrons. The summed E-state index contributed by atoms with van der Waals surface area (Å²) in [6, 6.07) is 6.00. The summed E-state index contributed by atoms with van der Waals surface area (Å²) in [5.74, 6) is 0.954. The van der Waals surface area contributed by atoms with Gasteiger partial charge in [-0.1, -0.05) is 48.5 Å². The molecule has 0 heterocycles. The van der Waals surface area contributed by atoms with E-state index in [0.29, 0.717) is 11.1 Å². The minimum atomic E-state index is 0.292. The molecular weight excluding hydrogens is 253 g/mol. The molecule has 1 nitrogen and oxygen atoms in total. The minimum absolute atomic E-state index is 0.292. The largest absolute Gasteiger partial charge is 0.310 e. The third-order valence-electron chi connectivity index (χ3n) is 3.66. The van der Waals surface area contributed by atoms with Crippen LogP contribution in [0.2, 0.25) is 10.0 Å². The number of rotatable bonds is 5. The first-order valence-electron chi connectivity index (χ1n) is 6.35. The van der Waals surface area contributed by atoms with E-state index >= 15 is 0 Å². The van der Waals surface area contributed by atoms with Crippen molar-refractivity contribution in [2.24, 2.45) is 5.92 Å². The molecule has 1 saturated carbocycles. The topological polar surface area (TPSA) is 12.0 Å². The molecule has 0 radical (unpaired) electrons. The molecule has 0 bridgehead atoms. The molecule has 3 heteroatoms. The first kappa shape index (κ1) is 13.2. The SMILES string of the molecule is CC(NCCC1CCC1)c1ccc(Cl)cc1Cl. The van der Waals surface area contributed by atoms with Crippen LogP contribution in [0, 0.1) is 5.92 Å². The van der Waals surface area contributed by atoms with Crippen molar-refractivity contribution in [3.8, 4) is 0 Å². The van der Waals surface area contributed by atoms with Gasteiger partial charge in [-0.05, 0) is 43.5 Å². The maximum Gasteiger partial charge on any atom is 0.0468 e. The lowest BCUT2D eigenvalue weighted by atomic mass is 9.83. The Bertz CT molecular complexity index is 374. The highest BCUT2D eigenvalue weighted by atomic mass is 35.5. The number of hydrogen-bond donors (Lipinski definition) is 1. The van der Waals surface area contributed by atoms with Crippen LogP contribution in [0.1, 0.15) is 44.2 Å². The Hall–Kier alpha value is -0.240. The Morgan fingerprint density at radius 2 is 2.12 bits per heavy atom. The van der Waals surface area contributed by atoms with Crippen LogP contribution in [0.5, 0.6) is 0 Å². The van der Waals surface area contributed by atoms with Crippen molar-refractivity contribution in [3.63, 3.8) is 0 Å². The first-order valence-corrected chi connectivity index (χ1v) is 7.10. The fraction of sp³-hybridized carbons (Fsp3) is 0.571. The van der Waals surface area contributed by atoms with E-state index in [2.05, 4.69) is 12.2 Å². The van der Waals surface area contributed by atoms with Crippen molar-refractivity contribution < 1.29 is 0 Å². The van der Waals surface area contributed by atoms with E-state index in [9.17, 15) is 0 Å². The Balaban J connectivity index is 1.83. The molecule has 1 aliphatic rings. The molecular formula is C14H19Cl2N. The van der Waals surface area contributed by atoms with Gasteiger partial charge in [0.15, 0.2) is 0 Å². The standard InChI is InChI=1S/C14H19Cl2N/c1-10(17-8-7-11-3-2-4-11)13-6-5-12(15)9-14(13)16/h5-6,9-11,17H,2-4,7-8H2,1H3. The Morgan fingerprint density at radius 1 is 1.35 bits per heavy atom. The van der Waals surface area contributed by atoms with Gasteiger partial charge in [-0.3, -0.25) is 0 Å². The molecule has 17 heavy (non-hydrogen) atoms. The van der Waals surface area contributed by atoms with Gasteiger partial charge in [-0.15, -0.1) is 0 Å². The van der Waals surface area contributed by atoms with Crippen molar-refractivity contribution in [1.29, 1.82) is 0 Å². The van der Waals surface area contributed by atoms with Crippen molar-refractivity contribution in [2.45, 2.75) is 38.6 Å². The number of hydrogen-bond acceptors (Lipinski definition) is 1. The van der Waals surface area contributed by atoms with E-state index in [4.69, 9.17) is 23.2 Å². The van der Waals surface area contributed by atoms with Crippen molar-refractivity contribution in [2.75, 3.05) is 6.54 Å². The van der Waals surface area contributed by atoms with Crippen LogP contribution in [0.25, 0.3) is 0 Å². The van der Waals surface area contributed by atoms with Crippen molar-refractivity contribution >= 4 is 23.2 Å². The minimum Gasteiger partial charge on any atom is -0.310 e. The summed E-state index contributed by atoms with van der Waals surface area (Å²) in [5, 5.41) is 4.98. The van der Waals surface area contributed by atoms with Gasteiger partial charge in [0.2, 0.25) is 0 Å². The van der Waals surface area contributed by atoms with Crippen LogP contribution in [-0.2, 0) is 0 Å². The average Bonchev–Trinajstić information content (AvgIpc) is 2.21. The lowest BCUT2D eigenvalue weighted by Gasteiger charge is -2.26. The molecule has 1 atom stereocenters. The molecule has 1 aromatic carbocycles. The highest BCUT2D eigenvalue weighted by molar-refractivity contribution is 6.35. The fourth-order valence-corrected chi connectivity index (χ4v) is 2.82. The van der Waals surface area contributed by atoms with E-state index in [0.717, 1.165) is 23.0 Å². The van der Waals surface area contributed by atoms with Gasteiger partial charge in [0.05, 0.1) is 0 Å². The van der Waals surface area contributed by atoms with Gasteiger partial charge in [0.25, 0.3) is 0 Å². The van der Waals surface area contributed by atoms with Crippen LogP contribution in [0.4, 0.5) is 0 Å². The Labute approximate surface area is 114 Å². The summed E-state index contributed by atoms with van der Waals surface area (Å²) in [6.07, 6.45) is 5.54. The third kappa shape index (κ3) is 3.61. The lowest BCUT2D eigenvalue weighted by Crippen LogP contribution is -2.24. The highest BCUT2D eigenvalue weighted by Gasteiger charge is 2.17. The van der Waals surface area contributed by atoms with Gasteiger partial charge in [0, 0.05) is 16.1 Å². The molecule has 1 aromatic rings. The quantitative estimate of drug-likeness (QED) is 0.809. The predicted octanol–water partition coefficient (Wildman–Crippen LogP) is 4.83. The molecule has 1 fully saturated rings. The molecule has 0 amide bonds. The van der Waals surface area contributed by atoms with E-state index in [1.54, 1.807) is 0 Å². The smallest absolute Gasteiger partial charge is 0.0468 e. The molecule has 0 aromatic heterocycles. The van der Waals surface area contributed by atoms with E-state index in [-0.39, 0.29) is 0 Å². The van der Waals surface area contributed by atoms with Crippen LogP contribution in [0.15, 0.2) is 18.2 Å². The lowest BCUT2D eigenvalue weighted by molar-refractivity contribution is 0.288. The van der Waals surface area contributed by atoms with E-state index in [1.807, 2.05) is 18.2 Å². The summed E-state index contributed by atoms with van der Waals surface area (Å²) in [7, 11) is 0. The van der Waals surface area contributed by atoms with Crippen LogP contribution >= 0.6 is 23.2 Å². The zero-order chi connectivity index (χ0) is 12.3. The van der Waals surface area contributed by atoms with Gasteiger partial charge < -0.3 is 5.32 Å². The maximum atomic E-state index is 6.18. The molecule has 0 saturated heterocycles. The highest BCUT2D eigenvalue weighted by Crippen LogP contribution is 2.29. The van der Waals surface area contributed by atoms with Crippen LogP contribution in [-0.4, -0.2) is 6.54 Å². The summed E-state index contributed by atoms with van der Waals surface area (Å²) in [4.78, 5) is 0. The molecule has 0 aliphatic heterocycles. The van der Waals surface area contributed by atoms with Crippen LogP contribution < -0.4 is 5.32 Å². The van der Waals surface area contributed by atoms with Gasteiger partial charge >= 0.3 is 0 Å². The number of nitrogens with one attached hydrogen (secondary N) is 1. The van der Waals surface area contributed by atoms with Crippen molar-refractivity contribution in [1.82, 2.24) is 5.32 Å². The normalized spacial score (nSPS) is 17.8. The second-order valence-corrected chi connectivity index (χ2v) is 5.77. The number of benzene rings is 1. The molecule has 1 aliphatic carbocycles. The molecule has 1 unspecified atom stereocenters. The molecule has 2 rings (SSSR count). The predicted molar refractivity (Wildman–Crippen MR) is 74.8 cm³/mol. The Kier molecular flexibility index (Phi) is 4.72. The van der Waals surface area contributed by atoms with E-state index in [1.165, 1.54) is 25.7 Å². The third-order valence-corrected chi connectivity index (χ3v) is 4.22. The van der Waals surface area contributed by atoms with Crippen LogP contribution in [0.3, 0.4) is 0 Å². The second kappa shape index (κ2) is 6.08. The van der Waals surface area contributed by atoms with Gasteiger partial charge in [0.1, 0.15) is 0 Å². The fourth-order valence-electron chi connectivity index (χ4n) is 2.25. The van der Waals surface area contributed by atoms with Gasteiger partial charge in [-0.2, -0.15) is 0 Å². The van der Waals surface area contributed by atoms with Crippen molar-refractivity contribution in [3.05, 3.63) is 33.8 Å². The monoisotopic (exact) mass is 271 g/mol. The molecule has 0 spiro atoms. The average molecular weight is 272 g/mol.